The summed E-state index contributed by atoms with van der Waals surface area (Å²) in [7, 11) is 0. The standard InChI is InChI=1S/C27H27F3N8/c1-2-23(17-7-9-21(10-8-17)27(28,29)30)37-15-19(13-33-37)18-11-24(38-25(12-18)34-26(31)35-38)20-14-32-36(16-20)22-5-3-4-6-22/h7-16,22-23H,2-6H2,1H3,(H2,31,35). The van der Waals surface area contributed by atoms with Gasteiger partial charge >= 0.3 is 6.18 Å². The highest BCUT2D eigenvalue weighted by atomic mass is 19.4. The predicted molar refractivity (Wildman–Crippen MR) is 137 cm³/mol. The van der Waals surface area contributed by atoms with Gasteiger partial charge < -0.3 is 5.73 Å². The van der Waals surface area contributed by atoms with Crippen LogP contribution in [-0.4, -0.2) is 34.2 Å². The molecule has 1 aliphatic carbocycles. The van der Waals surface area contributed by atoms with Crippen molar-refractivity contribution >= 4 is 11.6 Å². The topological polar surface area (TPSA) is 91.8 Å². The Balaban J connectivity index is 1.36. The summed E-state index contributed by atoms with van der Waals surface area (Å²) >= 11 is 0. The first kappa shape index (κ1) is 24.2. The molecule has 1 aromatic carbocycles. The highest BCUT2D eigenvalue weighted by molar-refractivity contribution is 5.74. The smallest absolute Gasteiger partial charge is 0.366 e. The van der Waals surface area contributed by atoms with E-state index in [1.165, 1.54) is 25.0 Å². The summed E-state index contributed by atoms with van der Waals surface area (Å²) in [5.41, 5.74) is 10.1. The highest BCUT2D eigenvalue weighted by Gasteiger charge is 2.30. The zero-order valence-corrected chi connectivity index (χ0v) is 20.8. The van der Waals surface area contributed by atoms with Crippen LogP contribution in [0.4, 0.5) is 19.1 Å². The van der Waals surface area contributed by atoms with Gasteiger partial charge in [-0.25, -0.2) is 4.52 Å². The second kappa shape index (κ2) is 9.30. The lowest BCUT2D eigenvalue weighted by atomic mass is 10.0. The number of fused-ring (bicyclic) bond motifs is 1. The zero-order chi connectivity index (χ0) is 26.4. The minimum Gasteiger partial charge on any atom is -0.366 e. The Hall–Kier alpha value is -4.15. The van der Waals surface area contributed by atoms with Gasteiger partial charge in [-0.3, -0.25) is 9.36 Å². The molecule has 4 heterocycles. The van der Waals surface area contributed by atoms with E-state index >= 15 is 0 Å². The molecule has 0 bridgehead atoms. The van der Waals surface area contributed by atoms with Crippen LogP contribution in [0.2, 0.25) is 0 Å². The number of nitrogens with two attached hydrogens (primary N) is 1. The molecule has 0 radical (unpaired) electrons. The van der Waals surface area contributed by atoms with E-state index in [0.717, 1.165) is 52.9 Å². The number of hydrogen-bond donors (Lipinski definition) is 1. The third-order valence-electron chi connectivity index (χ3n) is 7.31. The van der Waals surface area contributed by atoms with Gasteiger partial charge in [0.05, 0.1) is 35.7 Å². The van der Waals surface area contributed by atoms with Gasteiger partial charge in [0.15, 0.2) is 5.65 Å². The maximum absolute atomic E-state index is 13.0. The van der Waals surface area contributed by atoms with Gasteiger partial charge in [0, 0.05) is 23.5 Å². The van der Waals surface area contributed by atoms with E-state index in [4.69, 9.17) is 5.73 Å². The van der Waals surface area contributed by atoms with Crippen molar-refractivity contribution in [2.75, 3.05) is 5.73 Å². The van der Waals surface area contributed by atoms with Crippen LogP contribution in [-0.2, 0) is 6.18 Å². The van der Waals surface area contributed by atoms with Crippen molar-refractivity contribution in [3.8, 4) is 22.4 Å². The molecule has 11 heteroatoms. The summed E-state index contributed by atoms with van der Waals surface area (Å²) in [5.74, 6) is 0.177. The lowest BCUT2D eigenvalue weighted by Gasteiger charge is -2.17. The maximum Gasteiger partial charge on any atom is 0.416 e. The Morgan fingerprint density at radius 2 is 1.71 bits per heavy atom. The Kier molecular flexibility index (Phi) is 5.93. The first-order valence-electron chi connectivity index (χ1n) is 12.7. The van der Waals surface area contributed by atoms with Gasteiger partial charge in [-0.1, -0.05) is 31.9 Å². The highest BCUT2D eigenvalue weighted by Crippen LogP contribution is 2.34. The number of halogens is 3. The Morgan fingerprint density at radius 1 is 0.974 bits per heavy atom. The maximum atomic E-state index is 13.0. The van der Waals surface area contributed by atoms with Crippen LogP contribution in [0.5, 0.6) is 0 Å². The number of rotatable bonds is 6. The molecule has 0 amide bonds. The van der Waals surface area contributed by atoms with Gasteiger partial charge in [0.2, 0.25) is 5.95 Å². The van der Waals surface area contributed by atoms with E-state index in [9.17, 15) is 13.2 Å². The van der Waals surface area contributed by atoms with Crippen LogP contribution in [0.3, 0.4) is 0 Å². The first-order chi connectivity index (χ1) is 18.3. The van der Waals surface area contributed by atoms with Gasteiger partial charge in [-0.2, -0.15) is 28.4 Å². The molecule has 2 N–H and O–H groups in total. The van der Waals surface area contributed by atoms with Crippen LogP contribution in [0, 0.1) is 0 Å². The number of nitrogen functional groups attached to an aromatic ring is 1. The number of aromatic nitrogens is 7. The molecular weight excluding hydrogens is 493 g/mol. The monoisotopic (exact) mass is 520 g/mol. The van der Waals surface area contributed by atoms with Crippen molar-refractivity contribution in [3.63, 3.8) is 0 Å². The quantitative estimate of drug-likeness (QED) is 0.289. The number of alkyl halides is 3. The molecule has 196 valence electrons. The molecule has 1 saturated carbocycles. The van der Waals surface area contributed by atoms with Crippen molar-refractivity contribution in [2.24, 2.45) is 0 Å². The minimum atomic E-state index is -4.37. The van der Waals surface area contributed by atoms with Crippen molar-refractivity contribution in [1.82, 2.24) is 34.2 Å². The number of anilines is 1. The molecule has 5 aromatic rings. The van der Waals surface area contributed by atoms with Crippen LogP contribution in [0.1, 0.15) is 62.2 Å². The Bertz CT molecular complexity index is 1570. The molecule has 4 aromatic heterocycles. The van der Waals surface area contributed by atoms with Gasteiger partial charge in [0.25, 0.3) is 0 Å². The fourth-order valence-corrected chi connectivity index (χ4v) is 5.34. The average Bonchev–Trinajstić information content (AvgIpc) is 3.70. The predicted octanol–water partition coefficient (Wildman–Crippen LogP) is 6.17. The van der Waals surface area contributed by atoms with Crippen molar-refractivity contribution in [2.45, 2.75) is 57.3 Å². The third-order valence-corrected chi connectivity index (χ3v) is 7.31. The SMILES string of the molecule is CCC(c1ccc(C(F)(F)F)cc1)n1cc(-c2cc(-c3cnn(C4CCCC4)c3)n3nc(N)nc3c2)cn1. The normalized spacial score (nSPS) is 15.5. The molecule has 8 nitrogen and oxygen atoms in total. The molecule has 1 fully saturated rings. The second-order valence-electron chi connectivity index (χ2n) is 9.77. The molecule has 1 atom stereocenters. The number of pyridine rings is 1. The third kappa shape index (κ3) is 4.42. The summed E-state index contributed by atoms with van der Waals surface area (Å²) in [6.45, 7) is 1.98. The van der Waals surface area contributed by atoms with E-state index in [-0.39, 0.29) is 12.0 Å². The minimum absolute atomic E-state index is 0.177. The molecule has 0 spiro atoms. The number of nitrogens with zero attached hydrogens (tertiary/aromatic N) is 7. The van der Waals surface area contributed by atoms with Crippen LogP contribution in [0.25, 0.3) is 28.0 Å². The Labute approximate surface area is 216 Å². The van der Waals surface area contributed by atoms with Gasteiger partial charge in [-0.05, 0) is 54.7 Å². The fourth-order valence-electron chi connectivity index (χ4n) is 5.34. The largest absolute Gasteiger partial charge is 0.416 e. The van der Waals surface area contributed by atoms with Gasteiger partial charge in [0.1, 0.15) is 0 Å². The molecule has 0 saturated heterocycles. The Morgan fingerprint density at radius 3 is 2.42 bits per heavy atom. The molecular formula is C27H27F3N8. The van der Waals surface area contributed by atoms with Crippen molar-refractivity contribution < 1.29 is 13.2 Å². The summed E-state index contributed by atoms with van der Waals surface area (Å²) in [5, 5.41) is 13.6. The molecule has 1 unspecified atom stereocenters. The molecule has 6 rings (SSSR count). The van der Waals surface area contributed by atoms with Crippen molar-refractivity contribution in [1.29, 1.82) is 0 Å². The van der Waals surface area contributed by atoms with Gasteiger partial charge in [-0.15, -0.1) is 5.10 Å². The van der Waals surface area contributed by atoms with Crippen LogP contribution >= 0.6 is 0 Å². The molecule has 0 aliphatic heterocycles. The summed E-state index contributed by atoms with van der Waals surface area (Å²) < 4.78 is 44.6. The summed E-state index contributed by atoms with van der Waals surface area (Å²) in [6, 6.07) is 9.38. The van der Waals surface area contributed by atoms with Crippen LogP contribution in [0.15, 0.2) is 61.2 Å². The zero-order valence-electron chi connectivity index (χ0n) is 20.8. The van der Waals surface area contributed by atoms with E-state index in [0.29, 0.717) is 18.1 Å². The molecule has 38 heavy (non-hydrogen) atoms. The number of hydrogen-bond acceptors (Lipinski definition) is 5. The van der Waals surface area contributed by atoms with E-state index in [1.54, 1.807) is 15.4 Å². The lowest BCUT2D eigenvalue weighted by molar-refractivity contribution is -0.137. The first-order valence-corrected chi connectivity index (χ1v) is 12.7. The van der Waals surface area contributed by atoms with Crippen LogP contribution < -0.4 is 5.73 Å². The van der Waals surface area contributed by atoms with E-state index < -0.39 is 11.7 Å². The lowest BCUT2D eigenvalue weighted by Crippen LogP contribution is -2.11. The second-order valence-corrected chi connectivity index (χ2v) is 9.77. The fraction of sp³-hybridized carbons (Fsp3) is 0.333. The summed E-state index contributed by atoms with van der Waals surface area (Å²) in [4.78, 5) is 4.39. The van der Waals surface area contributed by atoms with E-state index in [2.05, 4.69) is 20.3 Å². The molecule has 1 aliphatic rings. The average molecular weight is 521 g/mol. The van der Waals surface area contributed by atoms with Crippen molar-refractivity contribution in [3.05, 3.63) is 72.3 Å². The van der Waals surface area contributed by atoms with E-state index in [1.807, 2.05) is 42.3 Å². The summed E-state index contributed by atoms with van der Waals surface area (Å²) in [6.07, 6.45) is 8.54. The number of benzene rings is 1.